The van der Waals surface area contributed by atoms with Gasteiger partial charge in [0.15, 0.2) is 0 Å². The Bertz CT molecular complexity index is 827. The van der Waals surface area contributed by atoms with Crippen LogP contribution in [0, 0.1) is 20.2 Å². The first-order valence-corrected chi connectivity index (χ1v) is 10.1. The first-order valence-electron chi connectivity index (χ1n) is 9.32. The molecule has 4 N–H and O–H groups in total. The summed E-state index contributed by atoms with van der Waals surface area (Å²) in [5.41, 5.74) is 9.75. The summed E-state index contributed by atoms with van der Waals surface area (Å²) in [5.74, 6) is -0.590. The van der Waals surface area contributed by atoms with E-state index < -0.39 is 21.2 Å². The van der Waals surface area contributed by atoms with E-state index in [4.69, 9.17) is 44.1 Å². The summed E-state index contributed by atoms with van der Waals surface area (Å²) in [7, 11) is 0. The minimum Gasteiger partial charge on any atom is -0.463 e. The van der Waals surface area contributed by atoms with Gasteiger partial charge in [-0.05, 0) is 12.8 Å². The number of nitrogens with zero attached hydrogens (tertiary/aromatic N) is 6. The molecule has 32 heavy (non-hydrogen) atoms. The maximum absolute atomic E-state index is 10.5. The van der Waals surface area contributed by atoms with Crippen molar-refractivity contribution in [3.8, 4) is 12.0 Å². The Kier molecular flexibility index (Phi) is 11.1. The molecule has 0 amide bonds. The number of hydrogen-bond acceptors (Lipinski definition) is 12. The summed E-state index contributed by atoms with van der Waals surface area (Å²) in [4.78, 5) is 34.2. The van der Waals surface area contributed by atoms with Crippen LogP contribution in [0.3, 0.4) is 0 Å². The van der Waals surface area contributed by atoms with E-state index in [1.54, 1.807) is 0 Å². The molecule has 16 heteroatoms. The Hall–Kier alpha value is -3.26. The Balaban J connectivity index is 0.000000320. The molecule has 0 saturated carbocycles. The summed E-state index contributed by atoms with van der Waals surface area (Å²) < 4.78 is 10.3. The number of rotatable bonds is 10. The molecule has 0 saturated heterocycles. The minimum atomic E-state index is -0.729. The highest BCUT2D eigenvalue weighted by atomic mass is 35.5. The average Bonchev–Trinajstić information content (AvgIpc) is 2.67. The van der Waals surface area contributed by atoms with Crippen LogP contribution >= 0.6 is 23.2 Å². The van der Waals surface area contributed by atoms with Gasteiger partial charge in [-0.3, -0.25) is 20.2 Å². The highest BCUT2D eigenvalue weighted by Crippen LogP contribution is 2.29. The summed E-state index contributed by atoms with van der Waals surface area (Å²) >= 11 is 11.2. The van der Waals surface area contributed by atoms with E-state index >= 15 is 0 Å². The summed E-state index contributed by atoms with van der Waals surface area (Å²) in [6.07, 6.45) is 3.57. The number of anilines is 2. The Labute approximate surface area is 192 Å². The van der Waals surface area contributed by atoms with Crippen LogP contribution in [0.2, 0.25) is 10.3 Å². The number of nitrogens with two attached hydrogens (primary N) is 2. The summed E-state index contributed by atoms with van der Waals surface area (Å²) in [6.45, 7) is 4.84. The van der Waals surface area contributed by atoms with Gasteiger partial charge in [0, 0.05) is 0 Å². The van der Waals surface area contributed by atoms with Gasteiger partial charge >= 0.3 is 23.4 Å². The van der Waals surface area contributed by atoms with Crippen LogP contribution in [0.1, 0.15) is 39.5 Å². The van der Waals surface area contributed by atoms with Crippen molar-refractivity contribution < 1.29 is 19.3 Å². The Morgan fingerprint density at radius 3 is 1.38 bits per heavy atom. The molecule has 0 fully saturated rings. The lowest BCUT2D eigenvalue weighted by Crippen LogP contribution is -2.06. The van der Waals surface area contributed by atoms with Crippen molar-refractivity contribution in [3.05, 3.63) is 30.5 Å². The van der Waals surface area contributed by atoms with E-state index in [2.05, 4.69) is 19.9 Å². The predicted octanol–water partition coefficient (Wildman–Crippen LogP) is 3.60. The normalized spacial score (nSPS) is 10.1. The standard InChI is InChI=1S/2C8H11ClN4O3/c2*1-2-3-4-16-8-11-6(9)5(13(14)15)7(10)12-8/h2*2-4H2,1H3,(H2,10,11,12). The molecule has 2 heterocycles. The molecule has 0 radical (unpaired) electrons. The first-order chi connectivity index (χ1) is 15.1. The fraction of sp³-hybridized carbons (Fsp3) is 0.500. The molecule has 14 nitrogen and oxygen atoms in total. The Morgan fingerprint density at radius 2 is 1.12 bits per heavy atom. The van der Waals surface area contributed by atoms with E-state index in [9.17, 15) is 20.2 Å². The van der Waals surface area contributed by atoms with E-state index in [-0.39, 0.29) is 34.0 Å². The lowest BCUT2D eigenvalue weighted by Gasteiger charge is -2.04. The lowest BCUT2D eigenvalue weighted by atomic mass is 10.4. The molecule has 2 rings (SSSR count). The van der Waals surface area contributed by atoms with Gasteiger partial charge in [-0.1, -0.05) is 49.9 Å². The SMILES string of the molecule is CCCCOc1nc(N)c([N+](=O)[O-])c(Cl)n1.CCCCOc1nc(N)c([N+](=O)[O-])c(Cl)n1. The van der Waals surface area contributed by atoms with E-state index in [0.29, 0.717) is 13.2 Å². The quantitative estimate of drug-likeness (QED) is 0.210. The molecular formula is C16H22Cl2N8O6. The van der Waals surface area contributed by atoms with Crippen molar-refractivity contribution in [2.45, 2.75) is 39.5 Å². The zero-order valence-corrected chi connectivity index (χ0v) is 18.8. The van der Waals surface area contributed by atoms with E-state index in [1.165, 1.54) is 0 Å². The molecule has 2 aromatic rings. The molecule has 2 aromatic heterocycles. The molecule has 0 bridgehead atoms. The van der Waals surface area contributed by atoms with Gasteiger partial charge < -0.3 is 20.9 Å². The van der Waals surface area contributed by atoms with Crippen LogP contribution in [-0.4, -0.2) is 43.0 Å². The van der Waals surface area contributed by atoms with Gasteiger partial charge in [0.25, 0.3) is 0 Å². The molecule has 0 atom stereocenters. The number of halogens is 2. The van der Waals surface area contributed by atoms with Crippen LogP contribution in [-0.2, 0) is 0 Å². The van der Waals surface area contributed by atoms with Crippen LogP contribution in [0.5, 0.6) is 12.0 Å². The number of ether oxygens (including phenoxy) is 2. The minimum absolute atomic E-state index is 0.0402. The van der Waals surface area contributed by atoms with Crippen molar-refractivity contribution in [1.29, 1.82) is 0 Å². The number of unbranched alkanes of at least 4 members (excludes halogenated alkanes) is 2. The summed E-state index contributed by atoms with van der Waals surface area (Å²) in [5, 5.41) is 20.4. The van der Waals surface area contributed by atoms with Crippen LogP contribution in [0.4, 0.5) is 23.0 Å². The third-order valence-corrected chi connectivity index (χ3v) is 4.05. The van der Waals surface area contributed by atoms with Crippen LogP contribution in [0.25, 0.3) is 0 Å². The largest absolute Gasteiger partial charge is 0.463 e. The molecule has 0 aliphatic heterocycles. The van der Waals surface area contributed by atoms with Gasteiger partial charge in [0.2, 0.25) is 21.9 Å². The van der Waals surface area contributed by atoms with E-state index in [0.717, 1.165) is 25.7 Å². The smallest absolute Gasteiger partial charge is 0.348 e. The fourth-order valence-corrected chi connectivity index (χ4v) is 2.41. The summed E-state index contributed by atoms with van der Waals surface area (Å²) in [6, 6.07) is -0.0805. The molecule has 0 aromatic carbocycles. The van der Waals surface area contributed by atoms with Gasteiger partial charge in [0.05, 0.1) is 23.1 Å². The van der Waals surface area contributed by atoms with Gasteiger partial charge in [0.1, 0.15) is 0 Å². The zero-order chi connectivity index (χ0) is 24.3. The fourth-order valence-electron chi connectivity index (χ4n) is 1.93. The maximum atomic E-state index is 10.5. The number of hydrogen-bond donors (Lipinski definition) is 2. The highest BCUT2D eigenvalue weighted by molar-refractivity contribution is 6.32. The van der Waals surface area contributed by atoms with Gasteiger partial charge in [-0.2, -0.15) is 19.9 Å². The zero-order valence-electron chi connectivity index (χ0n) is 17.3. The van der Waals surface area contributed by atoms with Gasteiger partial charge in [-0.15, -0.1) is 0 Å². The van der Waals surface area contributed by atoms with Crippen LogP contribution < -0.4 is 20.9 Å². The molecule has 176 valence electrons. The first kappa shape index (κ1) is 26.8. The van der Waals surface area contributed by atoms with Crippen LogP contribution in [0.15, 0.2) is 0 Å². The topological polar surface area (TPSA) is 208 Å². The molecule has 0 unspecified atom stereocenters. The molecule has 0 spiro atoms. The second-order valence-corrected chi connectivity index (χ2v) is 6.70. The third kappa shape index (κ3) is 8.11. The molecule has 0 aliphatic rings. The monoisotopic (exact) mass is 492 g/mol. The van der Waals surface area contributed by atoms with E-state index in [1.807, 2.05) is 13.8 Å². The third-order valence-electron chi connectivity index (χ3n) is 3.52. The maximum Gasteiger partial charge on any atom is 0.348 e. The molecule has 0 aliphatic carbocycles. The lowest BCUT2D eigenvalue weighted by molar-refractivity contribution is -0.384. The van der Waals surface area contributed by atoms with Crippen molar-refractivity contribution in [2.24, 2.45) is 0 Å². The average molecular weight is 493 g/mol. The molecular weight excluding hydrogens is 471 g/mol. The second kappa shape index (κ2) is 13.2. The number of nitrogen functional groups attached to an aromatic ring is 2. The predicted molar refractivity (Wildman–Crippen MR) is 117 cm³/mol. The van der Waals surface area contributed by atoms with Crippen molar-refractivity contribution in [2.75, 3.05) is 24.7 Å². The highest BCUT2D eigenvalue weighted by Gasteiger charge is 2.22. The number of aromatic nitrogens is 4. The van der Waals surface area contributed by atoms with Gasteiger partial charge in [-0.25, -0.2) is 0 Å². The van der Waals surface area contributed by atoms with Crippen molar-refractivity contribution >= 4 is 46.2 Å². The number of nitro groups is 2. The van der Waals surface area contributed by atoms with Crippen molar-refractivity contribution in [3.63, 3.8) is 0 Å². The Morgan fingerprint density at radius 1 is 0.781 bits per heavy atom. The van der Waals surface area contributed by atoms with Crippen molar-refractivity contribution in [1.82, 2.24) is 19.9 Å². The second-order valence-electron chi connectivity index (χ2n) is 5.98.